The summed E-state index contributed by atoms with van der Waals surface area (Å²) >= 11 is 0. The number of likely N-dealkylation sites (N-methyl/N-ethyl adjacent to an activating group) is 1. The lowest BCUT2D eigenvalue weighted by Crippen LogP contribution is -2.34. The third-order valence-electron chi connectivity index (χ3n) is 2.65. The molecule has 0 saturated carbocycles. The highest BCUT2D eigenvalue weighted by Gasteiger charge is 2.01. The Labute approximate surface area is 95.5 Å². The minimum atomic E-state index is 0.475. The molecule has 4 nitrogen and oxygen atoms in total. The van der Waals surface area contributed by atoms with E-state index in [2.05, 4.69) is 39.7 Å². The Bertz CT molecular complexity index is 449. The highest BCUT2D eigenvalue weighted by atomic mass is 15.0. The number of nitrogens with one attached hydrogen (secondary N) is 3. The fraction of sp³-hybridized carbons (Fsp3) is 0.417. The Kier molecular flexibility index (Phi) is 3.54. The van der Waals surface area contributed by atoms with Gasteiger partial charge in [-0.05, 0) is 31.7 Å². The molecule has 1 aromatic carbocycles. The Hall–Kier alpha value is -1.39. The van der Waals surface area contributed by atoms with Crippen molar-refractivity contribution in [1.82, 2.24) is 20.6 Å². The second-order valence-electron chi connectivity index (χ2n) is 4.09. The predicted octanol–water partition coefficient (Wildman–Crippen LogP) is 1.26. The Morgan fingerprint density at radius 1 is 1.44 bits per heavy atom. The fourth-order valence-electron chi connectivity index (χ4n) is 1.76. The second kappa shape index (κ2) is 5.09. The van der Waals surface area contributed by atoms with Gasteiger partial charge >= 0.3 is 0 Å². The van der Waals surface area contributed by atoms with Gasteiger partial charge in [-0.3, -0.25) is 0 Å². The third-order valence-corrected chi connectivity index (χ3v) is 2.65. The minimum Gasteiger partial charge on any atom is -0.345 e. The van der Waals surface area contributed by atoms with Gasteiger partial charge in [0.15, 0.2) is 0 Å². The summed E-state index contributed by atoms with van der Waals surface area (Å²) in [6, 6.07) is 6.78. The summed E-state index contributed by atoms with van der Waals surface area (Å²) in [5, 5.41) is 6.61. The van der Waals surface area contributed by atoms with E-state index in [1.807, 2.05) is 13.1 Å². The van der Waals surface area contributed by atoms with Crippen LogP contribution < -0.4 is 10.6 Å². The average Bonchev–Trinajstić information content (AvgIpc) is 2.74. The van der Waals surface area contributed by atoms with Crippen molar-refractivity contribution in [2.75, 3.05) is 13.6 Å². The molecular weight excluding hydrogens is 200 g/mol. The van der Waals surface area contributed by atoms with Gasteiger partial charge in [-0.1, -0.05) is 6.07 Å². The number of rotatable bonds is 5. The van der Waals surface area contributed by atoms with E-state index in [-0.39, 0.29) is 0 Å². The summed E-state index contributed by atoms with van der Waals surface area (Å²) in [6.45, 7) is 4.04. The Balaban J connectivity index is 1.98. The Morgan fingerprint density at radius 2 is 2.31 bits per heavy atom. The summed E-state index contributed by atoms with van der Waals surface area (Å²) in [5.41, 5.74) is 3.40. The molecule has 0 aliphatic rings. The van der Waals surface area contributed by atoms with Crippen molar-refractivity contribution in [3.63, 3.8) is 0 Å². The second-order valence-corrected chi connectivity index (χ2v) is 4.09. The van der Waals surface area contributed by atoms with E-state index in [1.54, 1.807) is 6.33 Å². The number of hydrogen-bond acceptors (Lipinski definition) is 3. The molecule has 16 heavy (non-hydrogen) atoms. The molecule has 0 aliphatic heterocycles. The number of benzene rings is 1. The normalized spacial score (nSPS) is 13.1. The van der Waals surface area contributed by atoms with E-state index >= 15 is 0 Å². The molecule has 1 aromatic heterocycles. The first-order valence-corrected chi connectivity index (χ1v) is 5.59. The quantitative estimate of drug-likeness (QED) is 0.708. The van der Waals surface area contributed by atoms with Crippen LogP contribution in [0.2, 0.25) is 0 Å². The molecule has 1 unspecified atom stereocenters. The van der Waals surface area contributed by atoms with E-state index < -0.39 is 0 Å². The van der Waals surface area contributed by atoms with Gasteiger partial charge in [-0.25, -0.2) is 4.98 Å². The average molecular weight is 218 g/mol. The van der Waals surface area contributed by atoms with Crippen LogP contribution in [-0.4, -0.2) is 29.6 Å². The fourth-order valence-corrected chi connectivity index (χ4v) is 1.76. The van der Waals surface area contributed by atoms with Gasteiger partial charge in [0.05, 0.1) is 17.4 Å². The van der Waals surface area contributed by atoms with Crippen LogP contribution in [0.15, 0.2) is 24.5 Å². The molecular formula is C12H18N4. The monoisotopic (exact) mass is 218 g/mol. The van der Waals surface area contributed by atoms with Crippen LogP contribution >= 0.6 is 0 Å². The third kappa shape index (κ3) is 2.59. The van der Waals surface area contributed by atoms with Crippen LogP contribution in [0.4, 0.5) is 0 Å². The summed E-state index contributed by atoms with van der Waals surface area (Å²) in [5.74, 6) is 0. The van der Waals surface area contributed by atoms with Crippen LogP contribution in [-0.2, 0) is 6.54 Å². The summed E-state index contributed by atoms with van der Waals surface area (Å²) in [6.07, 6.45) is 1.73. The molecule has 0 aliphatic carbocycles. The van der Waals surface area contributed by atoms with Crippen LogP contribution in [0.1, 0.15) is 12.5 Å². The molecule has 0 saturated heterocycles. The number of fused-ring (bicyclic) bond motifs is 1. The summed E-state index contributed by atoms with van der Waals surface area (Å²) < 4.78 is 0. The van der Waals surface area contributed by atoms with E-state index in [4.69, 9.17) is 0 Å². The lowest BCUT2D eigenvalue weighted by molar-refractivity contribution is 0.523. The molecule has 2 aromatic rings. The standard InChI is InChI=1S/C12H18N4/c1-9(6-13-2)14-7-10-3-4-11-12(5-10)16-8-15-11/h3-5,8-9,13-14H,6-7H2,1-2H3,(H,15,16). The maximum absolute atomic E-state index is 4.20. The number of aromatic nitrogens is 2. The molecule has 0 amide bonds. The summed E-state index contributed by atoms with van der Waals surface area (Å²) in [7, 11) is 1.97. The largest absolute Gasteiger partial charge is 0.345 e. The zero-order chi connectivity index (χ0) is 11.4. The first-order valence-electron chi connectivity index (χ1n) is 5.59. The molecule has 4 heteroatoms. The first kappa shape index (κ1) is 11.1. The molecule has 1 heterocycles. The zero-order valence-electron chi connectivity index (χ0n) is 9.75. The minimum absolute atomic E-state index is 0.475. The van der Waals surface area contributed by atoms with Crippen LogP contribution in [0, 0.1) is 0 Å². The van der Waals surface area contributed by atoms with Gasteiger partial charge in [-0.2, -0.15) is 0 Å². The number of hydrogen-bond donors (Lipinski definition) is 3. The van der Waals surface area contributed by atoms with Crippen molar-refractivity contribution in [2.45, 2.75) is 19.5 Å². The van der Waals surface area contributed by atoms with E-state index in [1.165, 1.54) is 5.56 Å². The van der Waals surface area contributed by atoms with Crippen LogP contribution in [0.3, 0.4) is 0 Å². The maximum Gasteiger partial charge on any atom is 0.0931 e. The van der Waals surface area contributed by atoms with Crippen molar-refractivity contribution in [3.05, 3.63) is 30.1 Å². The Morgan fingerprint density at radius 3 is 3.12 bits per heavy atom. The lowest BCUT2D eigenvalue weighted by atomic mass is 10.2. The van der Waals surface area contributed by atoms with Crippen molar-refractivity contribution in [1.29, 1.82) is 0 Å². The van der Waals surface area contributed by atoms with Crippen molar-refractivity contribution in [3.8, 4) is 0 Å². The zero-order valence-corrected chi connectivity index (χ0v) is 9.75. The molecule has 0 radical (unpaired) electrons. The summed E-state index contributed by atoms with van der Waals surface area (Å²) in [4.78, 5) is 7.32. The topological polar surface area (TPSA) is 52.7 Å². The SMILES string of the molecule is CNCC(C)NCc1ccc2nc[nH]c2c1. The van der Waals surface area contributed by atoms with E-state index in [0.717, 1.165) is 24.1 Å². The highest BCUT2D eigenvalue weighted by Crippen LogP contribution is 2.11. The predicted molar refractivity (Wildman–Crippen MR) is 66.3 cm³/mol. The van der Waals surface area contributed by atoms with Gasteiger partial charge in [0.2, 0.25) is 0 Å². The first-order chi connectivity index (χ1) is 7.79. The molecule has 0 spiro atoms. The lowest BCUT2D eigenvalue weighted by Gasteiger charge is -2.12. The van der Waals surface area contributed by atoms with Gasteiger partial charge in [0.25, 0.3) is 0 Å². The number of nitrogens with zero attached hydrogens (tertiary/aromatic N) is 1. The van der Waals surface area contributed by atoms with Gasteiger partial charge in [0, 0.05) is 19.1 Å². The van der Waals surface area contributed by atoms with Crippen molar-refractivity contribution in [2.24, 2.45) is 0 Å². The highest BCUT2D eigenvalue weighted by molar-refractivity contribution is 5.74. The molecule has 0 fully saturated rings. The van der Waals surface area contributed by atoms with Gasteiger partial charge in [-0.15, -0.1) is 0 Å². The van der Waals surface area contributed by atoms with Crippen LogP contribution in [0.25, 0.3) is 11.0 Å². The molecule has 86 valence electrons. The van der Waals surface area contributed by atoms with Gasteiger partial charge in [0.1, 0.15) is 0 Å². The van der Waals surface area contributed by atoms with Gasteiger partial charge < -0.3 is 15.6 Å². The van der Waals surface area contributed by atoms with Crippen molar-refractivity contribution < 1.29 is 0 Å². The number of aromatic amines is 1. The number of imidazole rings is 1. The van der Waals surface area contributed by atoms with Crippen LogP contribution in [0.5, 0.6) is 0 Å². The smallest absolute Gasteiger partial charge is 0.0931 e. The van der Waals surface area contributed by atoms with E-state index in [9.17, 15) is 0 Å². The number of H-pyrrole nitrogens is 1. The molecule has 1 atom stereocenters. The molecule has 0 bridgehead atoms. The maximum atomic E-state index is 4.20. The van der Waals surface area contributed by atoms with Crippen molar-refractivity contribution >= 4 is 11.0 Å². The molecule has 2 rings (SSSR count). The molecule has 3 N–H and O–H groups in total. The van der Waals surface area contributed by atoms with E-state index in [0.29, 0.717) is 6.04 Å².